The Bertz CT molecular complexity index is 288. The van der Waals surface area contributed by atoms with E-state index < -0.39 is 0 Å². The summed E-state index contributed by atoms with van der Waals surface area (Å²) in [5, 5.41) is 2.90. The molecule has 1 fully saturated rings. The van der Waals surface area contributed by atoms with E-state index in [1.54, 1.807) is 4.90 Å². The fourth-order valence-electron chi connectivity index (χ4n) is 1.41. The maximum atomic E-state index is 11.9. The number of morpholine rings is 1. The van der Waals surface area contributed by atoms with Crippen molar-refractivity contribution in [1.82, 2.24) is 10.2 Å². The number of amides is 2. The fourth-order valence-corrected chi connectivity index (χ4v) is 1.55. The molecule has 1 rings (SSSR count). The number of carbonyl (C=O) groups is 1. The Labute approximate surface area is 101 Å². The molecule has 0 aromatic carbocycles. The van der Waals surface area contributed by atoms with Gasteiger partial charge in [-0.15, -0.1) is 0 Å². The number of nitrogens with zero attached hydrogens (tertiary/aromatic N) is 1. The number of rotatable bonds is 1. The molecule has 1 aliphatic rings. The van der Waals surface area contributed by atoms with Gasteiger partial charge in [0.05, 0.1) is 13.2 Å². The molecule has 1 aliphatic heterocycles. The average molecular weight is 245 g/mol. The first-order valence-corrected chi connectivity index (χ1v) is 5.68. The molecule has 2 amide bonds. The molecular weight excluding hydrogens is 226 g/mol. The van der Waals surface area contributed by atoms with E-state index in [9.17, 15) is 4.79 Å². The molecule has 1 saturated heterocycles. The van der Waals surface area contributed by atoms with Crippen molar-refractivity contribution >= 4 is 23.2 Å². The van der Waals surface area contributed by atoms with E-state index in [-0.39, 0.29) is 17.7 Å². The molecule has 3 N–H and O–H groups in total. The van der Waals surface area contributed by atoms with Crippen LogP contribution in [0.4, 0.5) is 4.79 Å². The maximum absolute atomic E-state index is 11.9. The third-order valence-corrected chi connectivity index (χ3v) is 2.42. The minimum atomic E-state index is -0.325. The highest BCUT2D eigenvalue weighted by molar-refractivity contribution is 7.80. The molecule has 1 heterocycles. The zero-order valence-corrected chi connectivity index (χ0v) is 10.8. The summed E-state index contributed by atoms with van der Waals surface area (Å²) in [6.45, 7) is 7.29. The van der Waals surface area contributed by atoms with Gasteiger partial charge in [-0.2, -0.15) is 0 Å². The van der Waals surface area contributed by atoms with E-state index >= 15 is 0 Å². The molecule has 0 aromatic rings. The van der Waals surface area contributed by atoms with Crippen LogP contribution in [-0.2, 0) is 4.74 Å². The van der Waals surface area contributed by atoms with Crippen LogP contribution < -0.4 is 11.1 Å². The molecule has 92 valence electrons. The smallest absolute Gasteiger partial charge is 0.317 e. The highest BCUT2D eigenvalue weighted by atomic mass is 32.1. The summed E-state index contributed by atoms with van der Waals surface area (Å²) in [6.07, 6.45) is -0.325. The second kappa shape index (κ2) is 4.97. The molecule has 0 bridgehead atoms. The zero-order chi connectivity index (χ0) is 12.3. The van der Waals surface area contributed by atoms with E-state index in [0.717, 1.165) is 0 Å². The third-order valence-electron chi connectivity index (χ3n) is 2.15. The van der Waals surface area contributed by atoms with Crippen LogP contribution in [0.3, 0.4) is 0 Å². The van der Waals surface area contributed by atoms with Gasteiger partial charge in [-0.3, -0.25) is 0 Å². The molecule has 0 aliphatic carbocycles. The van der Waals surface area contributed by atoms with Gasteiger partial charge in [0, 0.05) is 12.1 Å². The number of ether oxygens (including phenoxy) is 1. The number of thiocarbonyl (C=S) groups is 1. The maximum Gasteiger partial charge on any atom is 0.317 e. The lowest BCUT2D eigenvalue weighted by molar-refractivity contribution is 0.0214. The SMILES string of the molecule is CC(C)(C)NC(=O)N1CCOC(C(N)=S)C1. The Kier molecular flexibility index (Phi) is 4.09. The van der Waals surface area contributed by atoms with Crippen LogP contribution in [0.25, 0.3) is 0 Å². The summed E-state index contributed by atoms with van der Waals surface area (Å²) >= 11 is 4.86. The van der Waals surface area contributed by atoms with Gasteiger partial charge >= 0.3 is 6.03 Å². The number of nitrogens with one attached hydrogen (secondary N) is 1. The number of nitrogens with two attached hydrogens (primary N) is 1. The number of hydrogen-bond donors (Lipinski definition) is 2. The first-order chi connectivity index (χ1) is 7.29. The number of urea groups is 1. The monoisotopic (exact) mass is 245 g/mol. The molecule has 6 heteroatoms. The van der Waals surface area contributed by atoms with Gasteiger partial charge in [0.15, 0.2) is 0 Å². The quantitative estimate of drug-likeness (QED) is 0.659. The van der Waals surface area contributed by atoms with Crippen LogP contribution in [0.2, 0.25) is 0 Å². The van der Waals surface area contributed by atoms with E-state index in [4.69, 9.17) is 22.7 Å². The van der Waals surface area contributed by atoms with E-state index in [1.807, 2.05) is 20.8 Å². The fraction of sp³-hybridized carbons (Fsp3) is 0.800. The Morgan fingerprint density at radius 1 is 1.56 bits per heavy atom. The Morgan fingerprint density at radius 2 is 2.19 bits per heavy atom. The lowest BCUT2D eigenvalue weighted by atomic mass is 10.1. The van der Waals surface area contributed by atoms with Gasteiger partial charge in [-0.1, -0.05) is 12.2 Å². The second-order valence-electron chi connectivity index (χ2n) is 4.89. The van der Waals surface area contributed by atoms with Crippen LogP contribution in [0, 0.1) is 0 Å². The second-order valence-corrected chi connectivity index (χ2v) is 5.36. The molecular formula is C10H19N3O2S. The molecule has 16 heavy (non-hydrogen) atoms. The summed E-state index contributed by atoms with van der Waals surface area (Å²) in [6, 6.07) is -0.1000. The molecule has 0 spiro atoms. The highest BCUT2D eigenvalue weighted by Gasteiger charge is 2.27. The minimum Gasteiger partial charge on any atom is -0.391 e. The van der Waals surface area contributed by atoms with Crippen LogP contribution in [0.15, 0.2) is 0 Å². The van der Waals surface area contributed by atoms with Crippen LogP contribution in [-0.4, -0.2) is 47.3 Å². The Hall–Kier alpha value is -0.880. The Balaban J connectivity index is 2.54. The van der Waals surface area contributed by atoms with Gasteiger partial charge in [-0.05, 0) is 20.8 Å². The third kappa shape index (κ3) is 3.94. The van der Waals surface area contributed by atoms with Crippen molar-refractivity contribution in [2.24, 2.45) is 5.73 Å². The van der Waals surface area contributed by atoms with Crippen LogP contribution in [0.5, 0.6) is 0 Å². The first kappa shape index (κ1) is 13.2. The summed E-state index contributed by atoms with van der Waals surface area (Å²) in [7, 11) is 0. The van der Waals surface area contributed by atoms with Crippen molar-refractivity contribution < 1.29 is 9.53 Å². The molecule has 1 atom stereocenters. The molecule has 5 nitrogen and oxygen atoms in total. The normalized spacial score (nSPS) is 21.7. The van der Waals surface area contributed by atoms with Crippen molar-refractivity contribution in [3.8, 4) is 0 Å². The number of carbonyl (C=O) groups excluding carboxylic acids is 1. The predicted molar refractivity (Wildman–Crippen MR) is 66.4 cm³/mol. The molecule has 1 unspecified atom stereocenters. The van der Waals surface area contributed by atoms with Crippen molar-refractivity contribution in [3.63, 3.8) is 0 Å². The van der Waals surface area contributed by atoms with Crippen molar-refractivity contribution in [1.29, 1.82) is 0 Å². The number of hydrogen-bond acceptors (Lipinski definition) is 3. The largest absolute Gasteiger partial charge is 0.391 e. The van der Waals surface area contributed by atoms with Gasteiger partial charge in [0.1, 0.15) is 11.1 Å². The van der Waals surface area contributed by atoms with Crippen molar-refractivity contribution in [3.05, 3.63) is 0 Å². The van der Waals surface area contributed by atoms with Gasteiger partial charge in [0.25, 0.3) is 0 Å². The highest BCUT2D eigenvalue weighted by Crippen LogP contribution is 2.08. The van der Waals surface area contributed by atoms with Crippen LogP contribution >= 0.6 is 12.2 Å². The predicted octanol–water partition coefficient (Wildman–Crippen LogP) is 0.481. The van der Waals surface area contributed by atoms with Crippen molar-refractivity contribution in [2.75, 3.05) is 19.7 Å². The van der Waals surface area contributed by atoms with E-state index in [0.29, 0.717) is 24.7 Å². The molecule has 0 radical (unpaired) electrons. The lowest BCUT2D eigenvalue weighted by Crippen LogP contribution is -2.55. The lowest BCUT2D eigenvalue weighted by Gasteiger charge is -2.34. The standard InChI is InChI=1S/C10H19N3O2S/c1-10(2,3)12-9(14)13-4-5-15-7(6-13)8(11)16/h7H,4-6H2,1-3H3,(H2,11,16)(H,12,14). The average Bonchev–Trinajstić information content (AvgIpc) is 2.15. The zero-order valence-electron chi connectivity index (χ0n) is 9.95. The van der Waals surface area contributed by atoms with E-state index in [2.05, 4.69) is 5.32 Å². The van der Waals surface area contributed by atoms with Gasteiger partial charge < -0.3 is 20.7 Å². The summed E-state index contributed by atoms with van der Waals surface area (Å²) < 4.78 is 5.36. The molecule has 0 aromatic heterocycles. The van der Waals surface area contributed by atoms with E-state index in [1.165, 1.54) is 0 Å². The van der Waals surface area contributed by atoms with Crippen LogP contribution in [0.1, 0.15) is 20.8 Å². The first-order valence-electron chi connectivity index (χ1n) is 5.27. The summed E-state index contributed by atoms with van der Waals surface area (Å²) in [4.78, 5) is 13.8. The van der Waals surface area contributed by atoms with Crippen molar-refractivity contribution in [2.45, 2.75) is 32.4 Å². The topological polar surface area (TPSA) is 67.6 Å². The van der Waals surface area contributed by atoms with Gasteiger partial charge in [-0.25, -0.2) is 4.79 Å². The summed E-state index contributed by atoms with van der Waals surface area (Å²) in [5.41, 5.74) is 5.26. The minimum absolute atomic E-state index is 0.1000. The molecule has 0 saturated carbocycles. The van der Waals surface area contributed by atoms with Gasteiger partial charge in [0.2, 0.25) is 0 Å². The summed E-state index contributed by atoms with van der Waals surface area (Å²) in [5.74, 6) is 0. The Morgan fingerprint density at radius 3 is 2.69 bits per heavy atom.